The topological polar surface area (TPSA) is 79.6 Å². The first-order valence-corrected chi connectivity index (χ1v) is 7.73. The van der Waals surface area contributed by atoms with Crippen molar-refractivity contribution in [3.63, 3.8) is 0 Å². The summed E-state index contributed by atoms with van der Waals surface area (Å²) in [6.45, 7) is 2.06. The van der Waals surface area contributed by atoms with Crippen molar-refractivity contribution >= 4 is 40.2 Å². The van der Waals surface area contributed by atoms with Crippen LogP contribution >= 0.6 is 23.4 Å². The van der Waals surface area contributed by atoms with E-state index in [1.807, 2.05) is 12.1 Å². The van der Waals surface area contributed by atoms with Crippen molar-refractivity contribution in [3.8, 4) is 0 Å². The number of hydrogen-bond donors (Lipinski definition) is 3. The van der Waals surface area contributed by atoms with E-state index in [9.17, 15) is 0 Å². The quantitative estimate of drug-likeness (QED) is 0.389. The van der Waals surface area contributed by atoms with Gasteiger partial charge in [0.25, 0.3) is 0 Å². The minimum atomic E-state index is 0.593. The molecule has 0 fully saturated rings. The zero-order valence-electron chi connectivity index (χ0n) is 11.4. The molecule has 0 aliphatic heterocycles. The lowest BCUT2D eigenvalue weighted by Crippen LogP contribution is -2.09. The molecule has 0 unspecified atom stereocenters. The minimum Gasteiger partial charge on any atom is -0.333 e. The molecule has 0 bridgehead atoms. The molecule has 2 heterocycles. The van der Waals surface area contributed by atoms with E-state index >= 15 is 0 Å². The summed E-state index contributed by atoms with van der Waals surface area (Å²) in [6, 6.07) is 9.65. The highest BCUT2D eigenvalue weighted by Crippen LogP contribution is 2.26. The number of H-pyrrole nitrogens is 1. The highest BCUT2D eigenvalue weighted by molar-refractivity contribution is 7.98. The Bertz CT molecular complexity index is 786. The van der Waals surface area contributed by atoms with E-state index in [1.165, 1.54) is 5.56 Å². The van der Waals surface area contributed by atoms with Gasteiger partial charge in [0.1, 0.15) is 5.82 Å². The van der Waals surface area contributed by atoms with Gasteiger partial charge in [-0.15, -0.1) is 0 Å². The number of hydrogen-bond acceptors (Lipinski definition) is 5. The van der Waals surface area contributed by atoms with E-state index in [-0.39, 0.29) is 0 Å². The fraction of sp³-hybridized carbons (Fsp3) is 0.143. The molecule has 3 aromatic rings. The molecule has 0 radical (unpaired) electrons. The molecule has 108 valence electrons. The van der Waals surface area contributed by atoms with Crippen LogP contribution in [0.2, 0.25) is 5.02 Å². The second-order valence-corrected chi connectivity index (χ2v) is 5.99. The van der Waals surface area contributed by atoms with Crippen molar-refractivity contribution < 1.29 is 0 Å². The molecular weight excluding hydrogens is 306 g/mol. The summed E-state index contributed by atoms with van der Waals surface area (Å²) in [5.74, 6) is 6.57. The number of benzene rings is 1. The number of nitrogens with two attached hydrogens (primary N) is 1. The summed E-state index contributed by atoms with van der Waals surface area (Å²) in [7, 11) is 0. The fourth-order valence-corrected chi connectivity index (χ4v) is 3.06. The average molecular weight is 320 g/mol. The van der Waals surface area contributed by atoms with Crippen molar-refractivity contribution in [1.82, 2.24) is 15.0 Å². The van der Waals surface area contributed by atoms with Gasteiger partial charge in [0.15, 0.2) is 5.16 Å². The first-order valence-electron chi connectivity index (χ1n) is 6.37. The smallest absolute Gasteiger partial charge is 0.166 e. The number of fused-ring (bicyclic) bond motifs is 1. The third kappa shape index (κ3) is 3.12. The first kappa shape index (κ1) is 14.2. The zero-order chi connectivity index (χ0) is 14.8. The number of halogens is 1. The van der Waals surface area contributed by atoms with E-state index < -0.39 is 0 Å². The lowest BCUT2D eigenvalue weighted by Gasteiger charge is -2.04. The molecule has 0 saturated heterocycles. The van der Waals surface area contributed by atoms with Crippen LogP contribution in [0, 0.1) is 6.92 Å². The number of aryl methyl sites for hydroxylation is 1. The number of nitrogens with zero attached hydrogens (tertiary/aromatic N) is 2. The second-order valence-electron chi connectivity index (χ2n) is 4.62. The summed E-state index contributed by atoms with van der Waals surface area (Å²) < 4.78 is 0. The number of aromatic amines is 1. The summed E-state index contributed by atoms with van der Waals surface area (Å²) in [5, 5.41) is 1.47. The van der Waals surface area contributed by atoms with Gasteiger partial charge in [-0.2, -0.15) is 0 Å². The van der Waals surface area contributed by atoms with Crippen molar-refractivity contribution in [2.24, 2.45) is 5.84 Å². The number of anilines is 1. The number of thioether (sulfide) groups is 1. The number of nitrogen functional groups attached to an aromatic ring is 1. The monoisotopic (exact) mass is 319 g/mol. The highest BCUT2D eigenvalue weighted by atomic mass is 35.5. The predicted molar refractivity (Wildman–Crippen MR) is 87.4 cm³/mol. The van der Waals surface area contributed by atoms with Crippen molar-refractivity contribution in [2.75, 3.05) is 5.43 Å². The van der Waals surface area contributed by atoms with Gasteiger partial charge in [-0.25, -0.2) is 15.8 Å². The van der Waals surface area contributed by atoms with Gasteiger partial charge < -0.3 is 10.4 Å². The number of pyridine rings is 1. The molecule has 5 nitrogen and oxygen atoms in total. The van der Waals surface area contributed by atoms with Crippen LogP contribution in [-0.2, 0) is 5.75 Å². The van der Waals surface area contributed by atoms with Crippen LogP contribution in [0.3, 0.4) is 0 Å². The maximum absolute atomic E-state index is 6.14. The van der Waals surface area contributed by atoms with E-state index in [2.05, 4.69) is 33.4 Å². The molecule has 0 aliphatic rings. The van der Waals surface area contributed by atoms with Gasteiger partial charge in [0.2, 0.25) is 0 Å². The average Bonchev–Trinajstić information content (AvgIpc) is 2.88. The number of hydrazine groups is 1. The Morgan fingerprint density at radius 1 is 1.29 bits per heavy atom. The van der Waals surface area contributed by atoms with E-state index in [4.69, 9.17) is 17.4 Å². The van der Waals surface area contributed by atoms with E-state index in [0.29, 0.717) is 16.6 Å². The van der Waals surface area contributed by atoms with Gasteiger partial charge in [-0.05, 0) is 36.8 Å². The molecule has 0 aliphatic carbocycles. The SMILES string of the molecule is Cc1ccc2nc(SCc3nc(NN)ccc3Cl)[nH]c2c1. The molecule has 7 heteroatoms. The normalized spacial score (nSPS) is 11.0. The van der Waals surface area contributed by atoms with Gasteiger partial charge in [0.05, 0.1) is 21.7 Å². The van der Waals surface area contributed by atoms with Gasteiger partial charge in [0, 0.05) is 5.75 Å². The number of nitrogens with one attached hydrogen (secondary N) is 2. The number of imidazole rings is 1. The minimum absolute atomic E-state index is 0.593. The van der Waals surface area contributed by atoms with Crippen molar-refractivity contribution in [3.05, 3.63) is 46.6 Å². The summed E-state index contributed by atoms with van der Waals surface area (Å²) in [4.78, 5) is 12.2. The van der Waals surface area contributed by atoms with Crippen LogP contribution in [0.15, 0.2) is 35.5 Å². The summed E-state index contributed by atoms with van der Waals surface area (Å²) >= 11 is 7.70. The lowest BCUT2D eigenvalue weighted by molar-refractivity contribution is 1.07. The van der Waals surface area contributed by atoms with Crippen LogP contribution in [-0.4, -0.2) is 15.0 Å². The number of aromatic nitrogens is 3. The Balaban J connectivity index is 1.80. The Kier molecular flexibility index (Phi) is 4.01. The standard InChI is InChI=1S/C14H14ClN5S/c1-8-2-4-10-11(6-8)19-14(18-10)21-7-12-9(15)3-5-13(17-12)20-16/h2-6H,7,16H2,1H3,(H,17,20)(H,18,19). The molecule has 0 spiro atoms. The van der Waals surface area contributed by atoms with Crippen LogP contribution in [0.5, 0.6) is 0 Å². The largest absolute Gasteiger partial charge is 0.333 e. The third-order valence-corrected chi connectivity index (χ3v) is 4.26. The predicted octanol–water partition coefficient (Wildman–Crippen LogP) is 3.50. The zero-order valence-corrected chi connectivity index (χ0v) is 12.9. The van der Waals surface area contributed by atoms with Crippen LogP contribution < -0.4 is 11.3 Å². The van der Waals surface area contributed by atoms with Gasteiger partial charge in [-0.1, -0.05) is 29.4 Å². The molecule has 21 heavy (non-hydrogen) atoms. The molecule has 1 aromatic carbocycles. The first-order chi connectivity index (χ1) is 10.2. The number of rotatable bonds is 4. The Morgan fingerprint density at radius 2 is 2.14 bits per heavy atom. The van der Waals surface area contributed by atoms with Crippen LogP contribution in [0.4, 0.5) is 5.82 Å². The molecular formula is C14H14ClN5S. The molecule has 0 amide bonds. The Hall–Kier alpha value is -1.76. The molecule has 3 rings (SSSR count). The highest BCUT2D eigenvalue weighted by Gasteiger charge is 2.08. The molecule has 0 saturated carbocycles. The van der Waals surface area contributed by atoms with E-state index in [0.717, 1.165) is 21.9 Å². The van der Waals surface area contributed by atoms with Crippen molar-refractivity contribution in [2.45, 2.75) is 17.8 Å². The van der Waals surface area contributed by atoms with Crippen molar-refractivity contribution in [1.29, 1.82) is 0 Å². The molecule has 4 N–H and O–H groups in total. The van der Waals surface area contributed by atoms with Gasteiger partial charge in [-0.3, -0.25) is 0 Å². The van der Waals surface area contributed by atoms with Crippen LogP contribution in [0.1, 0.15) is 11.3 Å². The second kappa shape index (κ2) is 5.93. The van der Waals surface area contributed by atoms with Crippen LogP contribution in [0.25, 0.3) is 11.0 Å². The maximum atomic E-state index is 6.14. The lowest BCUT2D eigenvalue weighted by atomic mass is 10.2. The molecule has 0 atom stereocenters. The maximum Gasteiger partial charge on any atom is 0.166 e. The Morgan fingerprint density at radius 3 is 2.95 bits per heavy atom. The molecule has 2 aromatic heterocycles. The summed E-state index contributed by atoms with van der Waals surface area (Å²) in [6.07, 6.45) is 0. The third-order valence-electron chi connectivity index (χ3n) is 3.03. The summed E-state index contributed by atoms with van der Waals surface area (Å²) in [5.41, 5.74) is 6.49. The Labute approximate surface area is 131 Å². The van der Waals surface area contributed by atoms with Gasteiger partial charge >= 0.3 is 0 Å². The fourth-order valence-electron chi connectivity index (χ4n) is 1.97. The van der Waals surface area contributed by atoms with E-state index in [1.54, 1.807) is 23.9 Å².